The fourth-order valence-corrected chi connectivity index (χ4v) is 3.26. The summed E-state index contributed by atoms with van der Waals surface area (Å²) in [6.45, 7) is 4.54. The van der Waals surface area contributed by atoms with Gasteiger partial charge in [-0.15, -0.1) is 11.3 Å². The van der Waals surface area contributed by atoms with Crippen LogP contribution in [0.25, 0.3) is 10.6 Å². The monoisotopic (exact) mass is 306 g/mol. The highest BCUT2D eigenvalue weighted by Crippen LogP contribution is 2.34. The summed E-state index contributed by atoms with van der Waals surface area (Å²) in [7, 11) is 3.41. The number of aryl methyl sites for hydroxylation is 1. The summed E-state index contributed by atoms with van der Waals surface area (Å²) in [4.78, 5) is 6.06. The maximum atomic E-state index is 5.43. The van der Waals surface area contributed by atoms with Crippen LogP contribution in [0.5, 0.6) is 5.75 Å². The number of methoxy groups -OCH3 is 2. The Morgan fingerprint density at radius 3 is 2.76 bits per heavy atom. The molecule has 0 radical (unpaired) electrons. The number of ether oxygens (including phenoxy) is 2. The van der Waals surface area contributed by atoms with Crippen molar-refractivity contribution >= 4 is 11.3 Å². The Labute approximate surface area is 130 Å². The highest BCUT2D eigenvalue weighted by Gasteiger charge is 2.14. The molecule has 1 heterocycles. The molecule has 0 aliphatic heterocycles. The van der Waals surface area contributed by atoms with Gasteiger partial charge in [0.2, 0.25) is 0 Å². The molecule has 0 bridgehead atoms. The zero-order valence-electron chi connectivity index (χ0n) is 12.8. The molecule has 0 unspecified atom stereocenters. The summed E-state index contributed by atoms with van der Waals surface area (Å²) < 4.78 is 10.5. The summed E-state index contributed by atoms with van der Waals surface area (Å²) in [6, 6.07) is 8.02. The molecule has 1 N–H and O–H groups in total. The Bertz CT molecular complexity index is 569. The highest BCUT2D eigenvalue weighted by atomic mass is 32.1. The van der Waals surface area contributed by atoms with Crippen LogP contribution in [-0.2, 0) is 17.7 Å². The summed E-state index contributed by atoms with van der Waals surface area (Å²) in [6.07, 6.45) is 0.937. The zero-order chi connectivity index (χ0) is 15.1. The molecule has 114 valence electrons. The number of hydrogen-bond donors (Lipinski definition) is 1. The first-order valence-corrected chi connectivity index (χ1v) is 7.93. The van der Waals surface area contributed by atoms with Gasteiger partial charge < -0.3 is 14.8 Å². The summed E-state index contributed by atoms with van der Waals surface area (Å²) in [5.41, 5.74) is 2.22. The van der Waals surface area contributed by atoms with E-state index >= 15 is 0 Å². The van der Waals surface area contributed by atoms with Crippen LogP contribution in [0.1, 0.15) is 17.5 Å². The van der Waals surface area contributed by atoms with E-state index in [4.69, 9.17) is 14.5 Å². The molecular formula is C16H22N2O2S. The van der Waals surface area contributed by atoms with E-state index in [1.807, 2.05) is 18.2 Å². The minimum atomic E-state index is 0.722. The fraction of sp³-hybridized carbons (Fsp3) is 0.438. The van der Waals surface area contributed by atoms with Crippen molar-refractivity contribution in [3.8, 4) is 16.3 Å². The van der Waals surface area contributed by atoms with Gasteiger partial charge in [0.15, 0.2) is 0 Å². The van der Waals surface area contributed by atoms with Crippen molar-refractivity contribution in [1.82, 2.24) is 10.3 Å². The smallest absolute Gasteiger partial charge is 0.129 e. The van der Waals surface area contributed by atoms with Gasteiger partial charge in [-0.25, -0.2) is 4.98 Å². The molecule has 1 aromatic heterocycles. The Balaban J connectivity index is 2.19. The van der Waals surface area contributed by atoms with Crippen LogP contribution < -0.4 is 10.1 Å². The summed E-state index contributed by atoms with van der Waals surface area (Å²) in [5, 5.41) is 4.41. The van der Waals surface area contributed by atoms with Crippen molar-refractivity contribution in [1.29, 1.82) is 0 Å². The van der Waals surface area contributed by atoms with Gasteiger partial charge in [0.1, 0.15) is 10.8 Å². The lowest BCUT2D eigenvalue weighted by molar-refractivity contribution is 0.199. The first-order chi connectivity index (χ1) is 10.3. The fourth-order valence-electron chi connectivity index (χ4n) is 2.11. The first kappa shape index (κ1) is 15.9. The van der Waals surface area contributed by atoms with Crippen LogP contribution in [0.4, 0.5) is 0 Å². The quantitative estimate of drug-likeness (QED) is 0.761. The van der Waals surface area contributed by atoms with Gasteiger partial charge >= 0.3 is 0 Å². The summed E-state index contributed by atoms with van der Waals surface area (Å²) in [5.74, 6) is 0.868. The lowest BCUT2D eigenvalue weighted by Gasteiger charge is -2.04. The van der Waals surface area contributed by atoms with Crippen molar-refractivity contribution in [2.75, 3.05) is 27.4 Å². The second-order valence-corrected chi connectivity index (χ2v) is 5.70. The largest absolute Gasteiger partial charge is 0.496 e. The molecule has 0 fully saturated rings. The maximum absolute atomic E-state index is 5.43. The zero-order valence-corrected chi connectivity index (χ0v) is 13.6. The van der Waals surface area contributed by atoms with E-state index < -0.39 is 0 Å². The molecular weight excluding hydrogens is 284 g/mol. The predicted molar refractivity (Wildman–Crippen MR) is 87.1 cm³/mol. The average Bonchev–Trinajstić information content (AvgIpc) is 2.94. The van der Waals surface area contributed by atoms with Crippen LogP contribution in [0, 0.1) is 0 Å². The van der Waals surface area contributed by atoms with Crippen LogP contribution in [0.15, 0.2) is 24.3 Å². The molecule has 2 rings (SSSR count). The number of benzene rings is 1. The van der Waals surface area contributed by atoms with Crippen molar-refractivity contribution < 1.29 is 9.47 Å². The molecule has 0 atom stereocenters. The normalized spacial score (nSPS) is 10.8. The molecule has 5 heteroatoms. The number of para-hydroxylation sites is 1. The van der Waals surface area contributed by atoms with Crippen molar-refractivity contribution in [2.45, 2.75) is 19.9 Å². The minimum Gasteiger partial charge on any atom is -0.496 e. The number of hydrogen-bond acceptors (Lipinski definition) is 5. The Kier molecular flexibility index (Phi) is 6.17. The predicted octanol–water partition coefficient (Wildman–Crippen LogP) is 3.12. The van der Waals surface area contributed by atoms with Gasteiger partial charge in [0.05, 0.1) is 25.0 Å². The van der Waals surface area contributed by atoms with E-state index in [9.17, 15) is 0 Å². The molecule has 1 aromatic carbocycles. The number of nitrogens with one attached hydrogen (secondary N) is 1. The van der Waals surface area contributed by atoms with E-state index in [0.29, 0.717) is 0 Å². The van der Waals surface area contributed by atoms with E-state index in [0.717, 1.165) is 48.1 Å². The molecule has 2 aromatic rings. The molecule has 0 saturated carbocycles. The lowest BCUT2D eigenvalue weighted by Crippen LogP contribution is -2.18. The lowest BCUT2D eigenvalue weighted by atomic mass is 10.2. The van der Waals surface area contributed by atoms with E-state index in [2.05, 4.69) is 18.3 Å². The molecule has 0 aliphatic rings. The molecule has 0 amide bonds. The summed E-state index contributed by atoms with van der Waals surface area (Å²) >= 11 is 1.73. The van der Waals surface area contributed by atoms with Gasteiger partial charge in [0.25, 0.3) is 0 Å². The minimum absolute atomic E-state index is 0.722. The Morgan fingerprint density at radius 1 is 1.24 bits per heavy atom. The molecule has 21 heavy (non-hydrogen) atoms. The van der Waals surface area contributed by atoms with Crippen molar-refractivity contribution in [2.24, 2.45) is 0 Å². The van der Waals surface area contributed by atoms with Crippen molar-refractivity contribution in [3.05, 3.63) is 34.8 Å². The average molecular weight is 306 g/mol. The maximum Gasteiger partial charge on any atom is 0.129 e. The molecule has 4 nitrogen and oxygen atoms in total. The van der Waals surface area contributed by atoms with E-state index in [1.54, 1.807) is 25.6 Å². The number of aromatic nitrogens is 1. The van der Waals surface area contributed by atoms with Gasteiger partial charge in [-0.1, -0.05) is 19.1 Å². The van der Waals surface area contributed by atoms with E-state index in [1.165, 1.54) is 4.88 Å². The third-order valence-corrected chi connectivity index (χ3v) is 4.35. The SMILES string of the molecule is CCc1nc(-c2ccccc2OC)sc1CNCCOC. The second-order valence-electron chi connectivity index (χ2n) is 4.61. The van der Waals surface area contributed by atoms with Crippen LogP contribution in [0.3, 0.4) is 0 Å². The third kappa shape index (κ3) is 4.03. The molecule has 0 aliphatic carbocycles. The second kappa shape index (κ2) is 8.12. The number of thiazole rings is 1. The molecule has 0 spiro atoms. The topological polar surface area (TPSA) is 43.4 Å². The van der Waals surface area contributed by atoms with E-state index in [-0.39, 0.29) is 0 Å². The number of nitrogens with zero attached hydrogens (tertiary/aromatic N) is 1. The van der Waals surface area contributed by atoms with Crippen LogP contribution in [0.2, 0.25) is 0 Å². The first-order valence-electron chi connectivity index (χ1n) is 7.11. The van der Waals surface area contributed by atoms with Gasteiger partial charge in [-0.2, -0.15) is 0 Å². The van der Waals surface area contributed by atoms with Gasteiger partial charge in [-0.3, -0.25) is 0 Å². The standard InChI is InChI=1S/C16H22N2O2S/c1-4-13-15(11-17-9-10-19-2)21-16(18-13)12-7-5-6-8-14(12)20-3/h5-8,17H,4,9-11H2,1-3H3. The Morgan fingerprint density at radius 2 is 2.05 bits per heavy atom. The number of rotatable bonds is 8. The highest BCUT2D eigenvalue weighted by molar-refractivity contribution is 7.15. The van der Waals surface area contributed by atoms with Crippen LogP contribution >= 0.6 is 11.3 Å². The molecule has 0 saturated heterocycles. The Hall–Kier alpha value is -1.43. The van der Waals surface area contributed by atoms with Gasteiger partial charge in [-0.05, 0) is 18.6 Å². The van der Waals surface area contributed by atoms with Gasteiger partial charge in [0, 0.05) is 25.1 Å². The van der Waals surface area contributed by atoms with Crippen molar-refractivity contribution in [3.63, 3.8) is 0 Å². The third-order valence-electron chi connectivity index (χ3n) is 3.22. The van der Waals surface area contributed by atoms with Crippen LogP contribution in [-0.4, -0.2) is 32.4 Å².